The lowest BCUT2D eigenvalue weighted by molar-refractivity contribution is -0.143. The van der Waals surface area contributed by atoms with Crippen molar-refractivity contribution in [1.82, 2.24) is 5.32 Å². The number of likely N-dealkylation sites (N-methyl/N-ethyl adjacent to an activating group) is 1. The van der Waals surface area contributed by atoms with Gasteiger partial charge in [-0.2, -0.15) is 11.8 Å². The maximum Gasteiger partial charge on any atom is 0.322 e. The predicted molar refractivity (Wildman–Crippen MR) is 70.9 cm³/mol. The molecule has 1 atom stereocenters. The highest BCUT2D eigenvalue weighted by Crippen LogP contribution is 2.09. The normalized spacial score (nSPS) is 12.4. The van der Waals surface area contributed by atoms with Crippen molar-refractivity contribution >= 4 is 17.7 Å². The average Bonchev–Trinajstić information content (AvgIpc) is 2.31. The van der Waals surface area contributed by atoms with Gasteiger partial charge in [0.2, 0.25) is 0 Å². The molecule has 0 amide bonds. The van der Waals surface area contributed by atoms with E-state index in [1.165, 1.54) is 32.1 Å². The molecule has 0 spiro atoms. The van der Waals surface area contributed by atoms with E-state index in [4.69, 9.17) is 4.74 Å². The number of methoxy groups -OCH3 is 1. The molecule has 1 unspecified atom stereocenters. The Kier molecular flexibility index (Phi) is 11.1. The van der Waals surface area contributed by atoms with Gasteiger partial charge in [0.1, 0.15) is 6.04 Å². The minimum atomic E-state index is -0.143. The van der Waals surface area contributed by atoms with Gasteiger partial charge in [-0.25, -0.2) is 0 Å². The van der Waals surface area contributed by atoms with Crippen molar-refractivity contribution in [2.24, 2.45) is 0 Å². The lowest BCUT2D eigenvalue weighted by atomic mass is 10.2. The van der Waals surface area contributed by atoms with Crippen LogP contribution in [0.2, 0.25) is 0 Å². The van der Waals surface area contributed by atoms with Crippen molar-refractivity contribution in [3.63, 3.8) is 0 Å². The molecule has 0 aromatic carbocycles. The van der Waals surface area contributed by atoms with Crippen LogP contribution in [0.3, 0.4) is 0 Å². The van der Waals surface area contributed by atoms with E-state index in [2.05, 4.69) is 12.2 Å². The number of rotatable bonds is 10. The van der Waals surface area contributed by atoms with Crippen molar-refractivity contribution in [3.05, 3.63) is 0 Å². The van der Waals surface area contributed by atoms with E-state index in [9.17, 15) is 4.79 Å². The summed E-state index contributed by atoms with van der Waals surface area (Å²) < 4.78 is 4.75. The van der Waals surface area contributed by atoms with E-state index in [-0.39, 0.29) is 12.0 Å². The Morgan fingerprint density at radius 3 is 2.62 bits per heavy atom. The van der Waals surface area contributed by atoms with E-state index in [1.807, 2.05) is 18.7 Å². The standard InChI is InChI=1S/C12H25NO2S/c1-4-6-7-9-16-10-8-11(13-5-2)12(14)15-3/h11,13H,4-10H2,1-3H3. The van der Waals surface area contributed by atoms with Crippen LogP contribution in [0.15, 0.2) is 0 Å². The maximum absolute atomic E-state index is 11.4. The molecule has 16 heavy (non-hydrogen) atoms. The van der Waals surface area contributed by atoms with Gasteiger partial charge < -0.3 is 10.1 Å². The molecule has 96 valence electrons. The fourth-order valence-electron chi connectivity index (χ4n) is 1.45. The third kappa shape index (κ3) is 7.99. The summed E-state index contributed by atoms with van der Waals surface area (Å²) in [5.74, 6) is 2.08. The Labute approximate surface area is 104 Å². The van der Waals surface area contributed by atoms with Gasteiger partial charge in [0.25, 0.3) is 0 Å². The summed E-state index contributed by atoms with van der Waals surface area (Å²) in [6.07, 6.45) is 4.71. The summed E-state index contributed by atoms with van der Waals surface area (Å²) >= 11 is 1.93. The Morgan fingerprint density at radius 1 is 1.31 bits per heavy atom. The average molecular weight is 247 g/mol. The van der Waals surface area contributed by atoms with E-state index >= 15 is 0 Å². The SMILES string of the molecule is CCCCCSCCC(NCC)C(=O)OC. The van der Waals surface area contributed by atoms with E-state index in [0.29, 0.717) is 0 Å². The largest absolute Gasteiger partial charge is 0.468 e. The molecule has 0 bridgehead atoms. The van der Waals surface area contributed by atoms with Crippen LogP contribution in [0.1, 0.15) is 39.5 Å². The highest BCUT2D eigenvalue weighted by molar-refractivity contribution is 7.99. The molecule has 0 fully saturated rings. The monoisotopic (exact) mass is 247 g/mol. The number of nitrogens with one attached hydrogen (secondary N) is 1. The van der Waals surface area contributed by atoms with Crippen LogP contribution in [0, 0.1) is 0 Å². The number of esters is 1. The molecule has 0 aromatic heterocycles. The van der Waals surface area contributed by atoms with Crippen LogP contribution >= 0.6 is 11.8 Å². The van der Waals surface area contributed by atoms with Crippen LogP contribution in [0.5, 0.6) is 0 Å². The van der Waals surface area contributed by atoms with Crippen molar-refractivity contribution in [3.8, 4) is 0 Å². The number of hydrogen-bond acceptors (Lipinski definition) is 4. The molecule has 0 aliphatic rings. The zero-order valence-electron chi connectivity index (χ0n) is 10.8. The maximum atomic E-state index is 11.4. The summed E-state index contributed by atoms with van der Waals surface area (Å²) in [6.45, 7) is 5.02. The van der Waals surface area contributed by atoms with Gasteiger partial charge >= 0.3 is 5.97 Å². The lowest BCUT2D eigenvalue weighted by Crippen LogP contribution is -2.37. The minimum Gasteiger partial charge on any atom is -0.468 e. The summed E-state index contributed by atoms with van der Waals surface area (Å²) in [5, 5.41) is 3.15. The minimum absolute atomic E-state index is 0.131. The molecule has 3 nitrogen and oxygen atoms in total. The van der Waals surface area contributed by atoms with E-state index in [1.54, 1.807) is 0 Å². The summed E-state index contributed by atoms with van der Waals surface area (Å²) in [6, 6.07) is -0.131. The van der Waals surface area contributed by atoms with Crippen LogP contribution in [-0.2, 0) is 9.53 Å². The predicted octanol–water partition coefficient (Wildman–Crippen LogP) is 2.45. The van der Waals surface area contributed by atoms with E-state index < -0.39 is 0 Å². The van der Waals surface area contributed by atoms with Gasteiger partial charge in [-0.15, -0.1) is 0 Å². The first-order valence-corrected chi connectivity index (χ1v) is 7.30. The van der Waals surface area contributed by atoms with Crippen LogP contribution < -0.4 is 5.32 Å². The van der Waals surface area contributed by atoms with Crippen molar-refractivity contribution < 1.29 is 9.53 Å². The van der Waals surface area contributed by atoms with Gasteiger partial charge in [0, 0.05) is 0 Å². The molecule has 0 heterocycles. The fraction of sp³-hybridized carbons (Fsp3) is 0.917. The van der Waals surface area contributed by atoms with Crippen LogP contribution in [0.4, 0.5) is 0 Å². The molecule has 0 radical (unpaired) electrons. The Bertz CT molecular complexity index is 176. The third-order valence-electron chi connectivity index (χ3n) is 2.38. The number of unbranched alkanes of at least 4 members (excludes halogenated alkanes) is 2. The second kappa shape index (κ2) is 11.3. The zero-order valence-corrected chi connectivity index (χ0v) is 11.6. The van der Waals surface area contributed by atoms with Gasteiger partial charge in [0.05, 0.1) is 7.11 Å². The first-order valence-electron chi connectivity index (χ1n) is 6.15. The topological polar surface area (TPSA) is 38.3 Å². The summed E-state index contributed by atoms with van der Waals surface area (Å²) in [4.78, 5) is 11.4. The smallest absolute Gasteiger partial charge is 0.322 e. The highest BCUT2D eigenvalue weighted by Gasteiger charge is 2.16. The number of thioether (sulfide) groups is 1. The Morgan fingerprint density at radius 2 is 2.06 bits per heavy atom. The van der Waals surface area contributed by atoms with Crippen molar-refractivity contribution in [2.75, 3.05) is 25.2 Å². The number of carbonyl (C=O) groups is 1. The molecule has 4 heteroatoms. The molecule has 0 saturated heterocycles. The molecule has 0 aliphatic carbocycles. The van der Waals surface area contributed by atoms with Crippen LogP contribution in [0.25, 0.3) is 0 Å². The summed E-state index contributed by atoms with van der Waals surface area (Å²) in [5.41, 5.74) is 0. The van der Waals surface area contributed by atoms with Gasteiger partial charge in [0.15, 0.2) is 0 Å². The van der Waals surface area contributed by atoms with E-state index in [0.717, 1.165) is 18.7 Å². The number of ether oxygens (including phenoxy) is 1. The van der Waals surface area contributed by atoms with Gasteiger partial charge in [-0.05, 0) is 30.9 Å². The number of hydrogen-bond donors (Lipinski definition) is 1. The first kappa shape index (κ1) is 15.8. The second-order valence-electron chi connectivity index (χ2n) is 3.74. The zero-order chi connectivity index (χ0) is 12.2. The van der Waals surface area contributed by atoms with Crippen molar-refractivity contribution in [2.45, 2.75) is 45.6 Å². The quantitative estimate of drug-likeness (QED) is 0.475. The van der Waals surface area contributed by atoms with Gasteiger partial charge in [-0.1, -0.05) is 26.7 Å². The first-order chi connectivity index (χ1) is 7.76. The molecule has 0 aliphatic heterocycles. The Hall–Kier alpha value is -0.220. The Balaban J connectivity index is 3.56. The number of carbonyl (C=O) groups excluding carboxylic acids is 1. The molecule has 0 rings (SSSR count). The fourth-order valence-corrected chi connectivity index (χ4v) is 2.46. The van der Waals surface area contributed by atoms with Crippen LogP contribution in [-0.4, -0.2) is 37.2 Å². The highest BCUT2D eigenvalue weighted by atomic mass is 32.2. The molecule has 0 aromatic rings. The summed E-state index contributed by atoms with van der Waals surface area (Å²) in [7, 11) is 1.45. The molecular weight excluding hydrogens is 222 g/mol. The molecular formula is C12H25NO2S. The second-order valence-corrected chi connectivity index (χ2v) is 4.97. The van der Waals surface area contributed by atoms with Crippen molar-refractivity contribution in [1.29, 1.82) is 0 Å². The van der Waals surface area contributed by atoms with Gasteiger partial charge in [-0.3, -0.25) is 4.79 Å². The third-order valence-corrected chi connectivity index (χ3v) is 3.48. The molecule has 1 N–H and O–H groups in total. The lowest BCUT2D eigenvalue weighted by Gasteiger charge is -2.14. The molecule has 0 saturated carbocycles.